The van der Waals surface area contributed by atoms with Gasteiger partial charge in [0.2, 0.25) is 0 Å². The molecule has 1 unspecified atom stereocenters. The second-order valence-electron chi connectivity index (χ2n) is 7.73. The standard InChI is InChI=1S/C20H28N6O3S/c1-22-10-14-24(15-11-22)30(28,29)25-16-12-23(13-17-25)20(27)19(26-9-5-8-21-26)18-6-3-2-4-7-18/h2-9,19H,10-17H2,1H3. The van der Waals surface area contributed by atoms with Gasteiger partial charge in [-0.1, -0.05) is 30.3 Å². The maximum absolute atomic E-state index is 13.4. The molecule has 0 radical (unpaired) electrons. The number of hydrogen-bond donors (Lipinski definition) is 0. The van der Waals surface area contributed by atoms with Crippen molar-refractivity contribution >= 4 is 16.1 Å². The molecule has 0 spiro atoms. The third kappa shape index (κ3) is 4.27. The van der Waals surface area contributed by atoms with Crippen molar-refractivity contribution in [3.63, 3.8) is 0 Å². The van der Waals surface area contributed by atoms with Gasteiger partial charge >= 0.3 is 0 Å². The Hall–Kier alpha value is -2.27. The Bertz CT molecular complexity index is 934. The fraction of sp³-hybridized carbons (Fsp3) is 0.500. The minimum absolute atomic E-state index is 0.0680. The van der Waals surface area contributed by atoms with E-state index in [1.807, 2.05) is 37.4 Å². The molecule has 2 fully saturated rings. The lowest BCUT2D eigenvalue weighted by Gasteiger charge is -2.39. The van der Waals surface area contributed by atoms with Crippen LogP contribution in [0.25, 0.3) is 0 Å². The van der Waals surface area contributed by atoms with Gasteiger partial charge in [-0.15, -0.1) is 0 Å². The molecule has 1 amide bonds. The molecule has 4 rings (SSSR count). The van der Waals surface area contributed by atoms with Crippen LogP contribution >= 0.6 is 0 Å². The Kier molecular flexibility index (Phi) is 6.19. The monoisotopic (exact) mass is 432 g/mol. The fourth-order valence-corrected chi connectivity index (χ4v) is 5.55. The predicted octanol–water partition coefficient (Wildman–Crippen LogP) is 0.109. The summed E-state index contributed by atoms with van der Waals surface area (Å²) < 4.78 is 30.7. The van der Waals surface area contributed by atoms with Crippen LogP contribution in [0.5, 0.6) is 0 Å². The Morgan fingerprint density at radius 1 is 0.900 bits per heavy atom. The van der Waals surface area contributed by atoms with Gasteiger partial charge in [0, 0.05) is 64.8 Å². The summed E-state index contributed by atoms with van der Waals surface area (Å²) in [4.78, 5) is 17.2. The minimum atomic E-state index is -3.49. The van der Waals surface area contributed by atoms with Crippen LogP contribution in [0, 0.1) is 0 Å². The van der Waals surface area contributed by atoms with Crippen LogP contribution in [0.15, 0.2) is 48.8 Å². The highest BCUT2D eigenvalue weighted by Crippen LogP contribution is 2.22. The number of hydrogen-bond acceptors (Lipinski definition) is 5. The van der Waals surface area contributed by atoms with Gasteiger partial charge in [-0.05, 0) is 18.7 Å². The lowest BCUT2D eigenvalue weighted by Crippen LogP contribution is -2.57. The number of piperazine rings is 2. The summed E-state index contributed by atoms with van der Waals surface area (Å²) in [5.74, 6) is -0.0680. The molecule has 0 N–H and O–H groups in total. The van der Waals surface area contributed by atoms with Crippen molar-refractivity contribution in [1.29, 1.82) is 0 Å². The maximum Gasteiger partial charge on any atom is 0.282 e. The molecule has 9 nitrogen and oxygen atoms in total. The summed E-state index contributed by atoms with van der Waals surface area (Å²) in [7, 11) is -1.49. The molecule has 2 aliphatic rings. The number of aromatic nitrogens is 2. The summed E-state index contributed by atoms with van der Waals surface area (Å²) in [5, 5.41) is 4.28. The van der Waals surface area contributed by atoms with Crippen LogP contribution in [0.1, 0.15) is 11.6 Å². The predicted molar refractivity (Wildman–Crippen MR) is 113 cm³/mol. The molecule has 30 heavy (non-hydrogen) atoms. The van der Waals surface area contributed by atoms with Gasteiger partial charge in [-0.2, -0.15) is 22.1 Å². The van der Waals surface area contributed by atoms with E-state index in [1.165, 1.54) is 4.31 Å². The van der Waals surface area contributed by atoms with Crippen molar-refractivity contribution in [2.24, 2.45) is 0 Å². The summed E-state index contributed by atoms with van der Waals surface area (Å²) in [6.07, 6.45) is 3.44. The number of likely N-dealkylation sites (N-methyl/N-ethyl adjacent to an activating group) is 1. The normalized spacial score (nSPS) is 20.9. The molecular weight excluding hydrogens is 404 g/mol. The molecule has 1 aromatic heterocycles. The smallest absolute Gasteiger partial charge is 0.282 e. The van der Waals surface area contributed by atoms with Gasteiger partial charge < -0.3 is 9.80 Å². The Morgan fingerprint density at radius 2 is 1.50 bits per heavy atom. The molecular formula is C20H28N6O3S. The van der Waals surface area contributed by atoms with E-state index >= 15 is 0 Å². The van der Waals surface area contributed by atoms with E-state index < -0.39 is 16.3 Å². The highest BCUT2D eigenvalue weighted by atomic mass is 32.2. The number of benzene rings is 1. The van der Waals surface area contributed by atoms with Gasteiger partial charge in [0.1, 0.15) is 0 Å². The number of rotatable bonds is 5. The van der Waals surface area contributed by atoms with Crippen molar-refractivity contribution in [1.82, 2.24) is 28.2 Å². The fourth-order valence-electron chi connectivity index (χ4n) is 3.97. The molecule has 3 heterocycles. The molecule has 1 aromatic carbocycles. The first kappa shape index (κ1) is 21.0. The molecule has 2 aliphatic heterocycles. The van der Waals surface area contributed by atoms with E-state index in [-0.39, 0.29) is 5.91 Å². The second-order valence-corrected chi connectivity index (χ2v) is 9.66. The third-order valence-corrected chi connectivity index (χ3v) is 7.84. The minimum Gasteiger partial charge on any atom is -0.338 e. The molecule has 0 bridgehead atoms. The molecule has 2 aromatic rings. The van der Waals surface area contributed by atoms with Gasteiger partial charge in [0.05, 0.1) is 0 Å². The van der Waals surface area contributed by atoms with E-state index in [0.717, 1.165) is 18.7 Å². The van der Waals surface area contributed by atoms with Gasteiger partial charge in [0.25, 0.3) is 16.1 Å². The molecule has 0 saturated carbocycles. The lowest BCUT2D eigenvalue weighted by molar-refractivity contribution is -0.135. The molecule has 162 valence electrons. The van der Waals surface area contributed by atoms with Crippen molar-refractivity contribution < 1.29 is 13.2 Å². The zero-order valence-corrected chi connectivity index (χ0v) is 18.0. The average molecular weight is 433 g/mol. The summed E-state index contributed by atoms with van der Waals surface area (Å²) in [6.45, 7) is 3.84. The van der Waals surface area contributed by atoms with Gasteiger partial charge in [0.15, 0.2) is 6.04 Å². The van der Waals surface area contributed by atoms with Crippen molar-refractivity contribution in [2.75, 3.05) is 59.4 Å². The van der Waals surface area contributed by atoms with Gasteiger partial charge in [-0.3, -0.25) is 9.48 Å². The highest BCUT2D eigenvalue weighted by molar-refractivity contribution is 7.86. The molecule has 10 heteroatoms. The molecule has 1 atom stereocenters. The van der Waals surface area contributed by atoms with Gasteiger partial charge in [-0.25, -0.2) is 0 Å². The van der Waals surface area contributed by atoms with Crippen LogP contribution in [0.4, 0.5) is 0 Å². The van der Waals surface area contributed by atoms with E-state index in [1.54, 1.807) is 32.3 Å². The van der Waals surface area contributed by atoms with E-state index in [4.69, 9.17) is 0 Å². The Morgan fingerprint density at radius 3 is 2.07 bits per heavy atom. The van der Waals surface area contributed by atoms with Crippen molar-refractivity contribution in [3.8, 4) is 0 Å². The topological polar surface area (TPSA) is 82.0 Å². The summed E-state index contributed by atoms with van der Waals surface area (Å²) in [6, 6.07) is 10.8. The van der Waals surface area contributed by atoms with E-state index in [9.17, 15) is 13.2 Å². The summed E-state index contributed by atoms with van der Waals surface area (Å²) in [5.41, 5.74) is 0.860. The quantitative estimate of drug-likeness (QED) is 0.670. The maximum atomic E-state index is 13.4. The Balaban J connectivity index is 1.44. The zero-order chi connectivity index (χ0) is 21.1. The number of carbonyl (C=O) groups excluding carboxylic acids is 1. The van der Waals surface area contributed by atoms with Crippen LogP contribution < -0.4 is 0 Å². The van der Waals surface area contributed by atoms with Crippen LogP contribution in [0.3, 0.4) is 0 Å². The first-order valence-corrected chi connectivity index (χ1v) is 11.6. The molecule has 2 saturated heterocycles. The average Bonchev–Trinajstić information content (AvgIpc) is 3.29. The highest BCUT2D eigenvalue weighted by Gasteiger charge is 2.36. The summed E-state index contributed by atoms with van der Waals surface area (Å²) >= 11 is 0. The van der Waals surface area contributed by atoms with Crippen molar-refractivity contribution in [3.05, 3.63) is 54.4 Å². The molecule has 0 aliphatic carbocycles. The van der Waals surface area contributed by atoms with Crippen molar-refractivity contribution in [2.45, 2.75) is 6.04 Å². The number of nitrogens with zero attached hydrogens (tertiary/aromatic N) is 6. The SMILES string of the molecule is CN1CCN(S(=O)(=O)N2CCN(C(=O)C(c3ccccc3)n3cccn3)CC2)CC1. The lowest BCUT2D eigenvalue weighted by atomic mass is 10.1. The van der Waals surface area contributed by atoms with Crippen LogP contribution in [-0.4, -0.2) is 102 Å². The van der Waals surface area contributed by atoms with Crippen LogP contribution in [0.2, 0.25) is 0 Å². The van der Waals surface area contributed by atoms with Crippen LogP contribution in [-0.2, 0) is 15.0 Å². The first-order chi connectivity index (χ1) is 14.5. The van der Waals surface area contributed by atoms with E-state index in [0.29, 0.717) is 39.3 Å². The number of amides is 1. The van der Waals surface area contributed by atoms with E-state index in [2.05, 4.69) is 10.00 Å². The second kappa shape index (κ2) is 8.84. The zero-order valence-electron chi connectivity index (χ0n) is 17.2. The largest absolute Gasteiger partial charge is 0.338 e. The third-order valence-electron chi connectivity index (χ3n) is 5.80. The number of carbonyl (C=O) groups is 1. The first-order valence-electron chi connectivity index (χ1n) is 10.2. The Labute approximate surface area is 177 Å².